The summed E-state index contributed by atoms with van der Waals surface area (Å²) < 4.78 is 0. The van der Waals surface area contributed by atoms with E-state index in [1.54, 1.807) is 0 Å². The van der Waals surface area contributed by atoms with Gasteiger partial charge in [-0.2, -0.15) is 5.43 Å². The first-order chi connectivity index (χ1) is 4.70. The standard InChI is InChI=1S/C7H12N2S/c1-5-3-4-6(2)8-9-7(5)10/h9-10H,3-4H2,1-2H3/p+1. The van der Waals surface area contributed by atoms with Crippen molar-refractivity contribution in [3.05, 3.63) is 10.6 Å². The lowest BCUT2D eigenvalue weighted by Crippen LogP contribution is -2.74. The summed E-state index contributed by atoms with van der Waals surface area (Å²) in [6.07, 6.45) is 2.18. The van der Waals surface area contributed by atoms with Crippen LogP contribution < -0.4 is 5.43 Å². The molecule has 2 N–H and O–H groups in total. The van der Waals surface area contributed by atoms with E-state index in [0.717, 1.165) is 17.9 Å². The molecule has 0 radical (unpaired) electrons. The van der Waals surface area contributed by atoms with Crippen LogP contribution in [-0.4, -0.2) is 5.71 Å². The predicted molar refractivity (Wildman–Crippen MR) is 46.0 cm³/mol. The van der Waals surface area contributed by atoms with E-state index >= 15 is 0 Å². The van der Waals surface area contributed by atoms with Gasteiger partial charge in [-0.1, -0.05) is 17.7 Å². The van der Waals surface area contributed by atoms with Crippen LogP contribution in [0.4, 0.5) is 0 Å². The normalized spacial score (nSPS) is 20.5. The minimum absolute atomic E-state index is 1.02. The Morgan fingerprint density at radius 3 is 2.80 bits per heavy atom. The number of allylic oxidation sites excluding steroid dienone is 1. The summed E-state index contributed by atoms with van der Waals surface area (Å²) in [5, 5.41) is 5.24. The fourth-order valence-electron chi connectivity index (χ4n) is 0.843. The molecule has 56 valence electrons. The first-order valence-electron chi connectivity index (χ1n) is 3.45. The van der Waals surface area contributed by atoms with Crippen molar-refractivity contribution in [3.8, 4) is 0 Å². The van der Waals surface area contributed by atoms with Crippen molar-refractivity contribution < 1.29 is 5.43 Å². The minimum Gasteiger partial charge on any atom is -0.183 e. The number of hydrogen-bond donors (Lipinski definition) is 2. The van der Waals surface area contributed by atoms with Crippen LogP contribution in [0.25, 0.3) is 0 Å². The second-order valence-electron chi connectivity index (χ2n) is 2.66. The highest BCUT2D eigenvalue weighted by molar-refractivity contribution is 7.84. The van der Waals surface area contributed by atoms with Crippen molar-refractivity contribution in [2.24, 2.45) is 5.10 Å². The molecule has 3 heteroatoms. The molecule has 0 fully saturated rings. The molecule has 1 heterocycles. The van der Waals surface area contributed by atoms with E-state index in [2.05, 4.69) is 31.6 Å². The van der Waals surface area contributed by atoms with E-state index in [-0.39, 0.29) is 0 Å². The molecule has 0 atom stereocenters. The van der Waals surface area contributed by atoms with Crippen LogP contribution in [0.3, 0.4) is 0 Å². The van der Waals surface area contributed by atoms with E-state index in [4.69, 9.17) is 0 Å². The molecule has 0 bridgehead atoms. The Bertz CT molecular complexity index is 194. The average molecular weight is 157 g/mol. The van der Waals surface area contributed by atoms with Gasteiger partial charge in [-0.3, -0.25) is 0 Å². The zero-order chi connectivity index (χ0) is 7.56. The largest absolute Gasteiger partial charge is 0.186 e. The van der Waals surface area contributed by atoms with Gasteiger partial charge in [0.15, 0.2) is 5.03 Å². The fraction of sp³-hybridized carbons (Fsp3) is 0.571. The summed E-state index contributed by atoms with van der Waals surface area (Å²) in [6.45, 7) is 4.16. The highest BCUT2D eigenvalue weighted by atomic mass is 32.1. The van der Waals surface area contributed by atoms with Crippen molar-refractivity contribution in [1.82, 2.24) is 0 Å². The van der Waals surface area contributed by atoms with E-state index in [9.17, 15) is 0 Å². The molecule has 0 aromatic rings. The quantitative estimate of drug-likeness (QED) is 0.386. The first kappa shape index (κ1) is 7.82. The molecule has 1 rings (SSSR count). The number of quaternary nitrogens is 1. The third kappa shape index (κ3) is 1.85. The van der Waals surface area contributed by atoms with Crippen LogP contribution in [0.1, 0.15) is 26.7 Å². The summed E-state index contributed by atoms with van der Waals surface area (Å²) >= 11 is 4.28. The molecule has 2 nitrogen and oxygen atoms in total. The highest BCUT2D eigenvalue weighted by Crippen LogP contribution is 2.10. The minimum atomic E-state index is 1.02. The van der Waals surface area contributed by atoms with Crippen molar-refractivity contribution in [1.29, 1.82) is 0 Å². The van der Waals surface area contributed by atoms with Crippen LogP contribution >= 0.6 is 12.6 Å². The zero-order valence-corrected chi connectivity index (χ0v) is 7.28. The number of hydrogen-bond acceptors (Lipinski definition) is 2. The Kier molecular flexibility index (Phi) is 2.51. The number of thiol groups is 1. The monoisotopic (exact) mass is 157 g/mol. The fourth-order valence-corrected chi connectivity index (χ4v) is 1.01. The summed E-state index contributed by atoms with van der Waals surface area (Å²) in [6, 6.07) is 0. The van der Waals surface area contributed by atoms with Crippen LogP contribution in [0.15, 0.2) is 15.7 Å². The summed E-state index contributed by atoms with van der Waals surface area (Å²) in [5.41, 5.74) is 4.37. The molecule has 0 aromatic carbocycles. The number of nitrogens with two attached hydrogens (primary N) is 1. The third-order valence-electron chi connectivity index (χ3n) is 1.71. The number of nitrogens with zero attached hydrogens (tertiary/aromatic N) is 1. The molecular weight excluding hydrogens is 144 g/mol. The molecule has 0 saturated carbocycles. The average Bonchev–Trinajstić information content (AvgIpc) is 2.04. The molecular formula is C7H13N2S+. The topological polar surface area (TPSA) is 29.0 Å². The molecule has 0 aliphatic carbocycles. The van der Waals surface area contributed by atoms with Gasteiger partial charge in [0, 0.05) is 0 Å². The maximum Gasteiger partial charge on any atom is 0.186 e. The van der Waals surface area contributed by atoms with Crippen LogP contribution in [0.5, 0.6) is 0 Å². The molecule has 0 unspecified atom stereocenters. The van der Waals surface area contributed by atoms with Crippen LogP contribution in [0, 0.1) is 0 Å². The lowest BCUT2D eigenvalue weighted by Gasteiger charge is -1.93. The Morgan fingerprint density at radius 2 is 2.10 bits per heavy atom. The second-order valence-corrected chi connectivity index (χ2v) is 3.14. The molecule has 0 aromatic heterocycles. The van der Waals surface area contributed by atoms with E-state index in [1.165, 1.54) is 11.3 Å². The van der Waals surface area contributed by atoms with E-state index < -0.39 is 0 Å². The van der Waals surface area contributed by atoms with E-state index in [1.807, 2.05) is 5.43 Å². The van der Waals surface area contributed by atoms with Crippen molar-refractivity contribution in [3.63, 3.8) is 0 Å². The van der Waals surface area contributed by atoms with Gasteiger partial charge in [-0.05, 0) is 32.3 Å². The summed E-state index contributed by atoms with van der Waals surface area (Å²) in [5.74, 6) is 0. The lowest BCUT2D eigenvalue weighted by molar-refractivity contribution is -0.601. The zero-order valence-electron chi connectivity index (χ0n) is 6.39. The Hall–Kier alpha value is -0.280. The molecule has 10 heavy (non-hydrogen) atoms. The maximum atomic E-state index is 4.28. The number of rotatable bonds is 0. The van der Waals surface area contributed by atoms with Gasteiger partial charge in [-0.15, -0.1) is 0 Å². The van der Waals surface area contributed by atoms with Gasteiger partial charge >= 0.3 is 0 Å². The van der Waals surface area contributed by atoms with Gasteiger partial charge < -0.3 is 0 Å². The molecule has 1 aliphatic rings. The SMILES string of the molecule is CC1=N[NH2+]C(S)=C(C)CC1. The van der Waals surface area contributed by atoms with Gasteiger partial charge in [-0.25, -0.2) is 0 Å². The Morgan fingerprint density at radius 1 is 1.40 bits per heavy atom. The Balaban J connectivity index is 2.70. The van der Waals surface area contributed by atoms with E-state index in [0.29, 0.717) is 0 Å². The first-order valence-corrected chi connectivity index (χ1v) is 3.90. The van der Waals surface area contributed by atoms with Gasteiger partial charge in [0.05, 0.1) is 5.71 Å². The van der Waals surface area contributed by atoms with Crippen LogP contribution in [-0.2, 0) is 0 Å². The molecule has 0 saturated heterocycles. The van der Waals surface area contributed by atoms with Crippen molar-refractivity contribution >= 4 is 18.3 Å². The third-order valence-corrected chi connectivity index (χ3v) is 2.20. The van der Waals surface area contributed by atoms with Gasteiger partial charge in [0.25, 0.3) is 0 Å². The summed E-state index contributed by atoms with van der Waals surface area (Å²) in [7, 11) is 0. The lowest BCUT2D eigenvalue weighted by atomic mass is 10.1. The highest BCUT2D eigenvalue weighted by Gasteiger charge is 2.07. The predicted octanol–water partition coefficient (Wildman–Crippen LogP) is 0.881. The van der Waals surface area contributed by atoms with Gasteiger partial charge in [0.2, 0.25) is 0 Å². The molecule has 0 amide bonds. The summed E-state index contributed by atoms with van der Waals surface area (Å²) in [4.78, 5) is 0. The van der Waals surface area contributed by atoms with Crippen LogP contribution in [0.2, 0.25) is 0 Å². The maximum absolute atomic E-state index is 4.28. The second kappa shape index (κ2) is 3.21. The molecule has 1 aliphatic heterocycles. The van der Waals surface area contributed by atoms with Crippen molar-refractivity contribution in [2.45, 2.75) is 26.7 Å². The Labute approximate surface area is 66.8 Å². The van der Waals surface area contributed by atoms with Gasteiger partial charge in [0.1, 0.15) is 0 Å². The van der Waals surface area contributed by atoms with Crippen molar-refractivity contribution in [2.75, 3.05) is 0 Å². The molecule has 0 spiro atoms. The smallest absolute Gasteiger partial charge is 0.183 e.